The van der Waals surface area contributed by atoms with E-state index in [2.05, 4.69) is 0 Å². The van der Waals surface area contributed by atoms with Gasteiger partial charge in [0.25, 0.3) is 0 Å². The van der Waals surface area contributed by atoms with Gasteiger partial charge in [-0.05, 0) is 33.1 Å². The Kier molecular flexibility index (Phi) is 10.5. The lowest BCUT2D eigenvalue weighted by Crippen LogP contribution is -2.54. The minimum atomic E-state index is -0.902. The van der Waals surface area contributed by atoms with Gasteiger partial charge in [-0.1, -0.05) is 28.7 Å². The smallest absolute Gasteiger partial charge is 0.309 e. The molecule has 0 aromatic carbocycles. The standard InChI is InChI=1S/C20H30O8.2CH4/c1-5-13(2)17(23)26-11-10-25-15(21)6-7-16(22)27-19(3)9-8-14-12-20(19,4)28-18(14)24;;/h13-14H,5-12H2,1-4H3;2*1H4. The molecule has 1 aliphatic heterocycles. The van der Waals surface area contributed by atoms with Crippen LogP contribution < -0.4 is 0 Å². The molecule has 4 atom stereocenters. The molecule has 0 aromatic rings. The molecule has 8 nitrogen and oxygen atoms in total. The molecule has 1 saturated heterocycles. The Balaban J connectivity index is 0.00000420. The van der Waals surface area contributed by atoms with Gasteiger partial charge in [0.1, 0.15) is 24.4 Å². The number of hydrogen-bond donors (Lipinski definition) is 0. The van der Waals surface area contributed by atoms with Crippen LogP contribution in [-0.2, 0) is 38.1 Å². The van der Waals surface area contributed by atoms with E-state index in [0.29, 0.717) is 25.7 Å². The average molecular weight is 431 g/mol. The second-order valence-corrected chi connectivity index (χ2v) is 7.99. The maximum Gasteiger partial charge on any atom is 0.309 e. The summed E-state index contributed by atoms with van der Waals surface area (Å²) in [6.07, 6.45) is 2.11. The molecule has 8 heteroatoms. The molecular formula is C22H38O8. The van der Waals surface area contributed by atoms with Crippen molar-refractivity contribution in [1.82, 2.24) is 0 Å². The van der Waals surface area contributed by atoms with Crippen LogP contribution in [0.2, 0.25) is 0 Å². The summed E-state index contributed by atoms with van der Waals surface area (Å²) < 4.78 is 21.0. The second kappa shape index (κ2) is 11.3. The van der Waals surface area contributed by atoms with E-state index < -0.39 is 23.1 Å². The van der Waals surface area contributed by atoms with Crippen LogP contribution in [0.5, 0.6) is 0 Å². The second-order valence-electron chi connectivity index (χ2n) is 7.99. The molecule has 1 aliphatic carbocycles. The van der Waals surface area contributed by atoms with Gasteiger partial charge in [-0.3, -0.25) is 19.2 Å². The predicted octanol–water partition coefficient (Wildman–Crippen LogP) is 3.59. The molecule has 0 radical (unpaired) electrons. The van der Waals surface area contributed by atoms with E-state index in [4.69, 9.17) is 18.9 Å². The first-order valence-corrected chi connectivity index (χ1v) is 9.87. The lowest BCUT2D eigenvalue weighted by atomic mass is 9.71. The van der Waals surface area contributed by atoms with Crippen molar-refractivity contribution in [2.75, 3.05) is 13.2 Å². The van der Waals surface area contributed by atoms with Crippen LogP contribution in [0.15, 0.2) is 0 Å². The van der Waals surface area contributed by atoms with Crippen molar-refractivity contribution < 1.29 is 38.1 Å². The largest absolute Gasteiger partial charge is 0.462 e. The van der Waals surface area contributed by atoms with Gasteiger partial charge < -0.3 is 18.9 Å². The van der Waals surface area contributed by atoms with Crippen LogP contribution in [0.1, 0.15) is 81.1 Å². The number of hydrogen-bond acceptors (Lipinski definition) is 8. The highest BCUT2D eigenvalue weighted by Crippen LogP contribution is 2.50. The lowest BCUT2D eigenvalue weighted by Gasteiger charge is -2.43. The molecule has 2 aliphatic rings. The molecule has 0 N–H and O–H groups in total. The van der Waals surface area contributed by atoms with E-state index in [1.54, 1.807) is 20.8 Å². The minimum Gasteiger partial charge on any atom is -0.462 e. The van der Waals surface area contributed by atoms with E-state index in [1.807, 2.05) is 6.92 Å². The van der Waals surface area contributed by atoms with Crippen LogP contribution in [-0.4, -0.2) is 48.3 Å². The highest BCUT2D eigenvalue weighted by Gasteiger charge is 2.60. The van der Waals surface area contributed by atoms with Gasteiger partial charge >= 0.3 is 23.9 Å². The maximum atomic E-state index is 12.2. The third kappa shape index (κ3) is 6.44. The first-order chi connectivity index (χ1) is 13.1. The third-order valence-corrected chi connectivity index (χ3v) is 5.86. The van der Waals surface area contributed by atoms with Gasteiger partial charge in [0.15, 0.2) is 0 Å². The monoisotopic (exact) mass is 430 g/mol. The first-order valence-electron chi connectivity index (χ1n) is 9.87. The summed E-state index contributed by atoms with van der Waals surface area (Å²) >= 11 is 0. The Morgan fingerprint density at radius 3 is 2.33 bits per heavy atom. The fourth-order valence-electron chi connectivity index (χ4n) is 3.50. The van der Waals surface area contributed by atoms with Crippen molar-refractivity contribution in [2.24, 2.45) is 11.8 Å². The number of carbonyl (C=O) groups excluding carboxylic acids is 4. The number of ether oxygens (including phenoxy) is 4. The molecule has 2 fully saturated rings. The van der Waals surface area contributed by atoms with Crippen LogP contribution in [0.3, 0.4) is 0 Å². The van der Waals surface area contributed by atoms with Crippen molar-refractivity contribution in [3.63, 3.8) is 0 Å². The Bertz CT molecular complexity index is 631. The van der Waals surface area contributed by atoms with E-state index in [-0.39, 0.29) is 64.7 Å². The fourth-order valence-corrected chi connectivity index (χ4v) is 3.50. The van der Waals surface area contributed by atoms with Crippen molar-refractivity contribution in [3.8, 4) is 0 Å². The van der Waals surface area contributed by atoms with Crippen molar-refractivity contribution in [2.45, 2.75) is 92.3 Å². The zero-order chi connectivity index (χ0) is 20.9. The molecule has 174 valence electrons. The number of fused-ring (bicyclic) bond motifs is 2. The molecule has 4 unspecified atom stereocenters. The molecule has 0 aromatic heterocycles. The first kappa shape index (κ1) is 27.9. The maximum absolute atomic E-state index is 12.2. The molecule has 2 bridgehead atoms. The SMILES string of the molecule is C.C.CCC(C)C(=O)OCCOC(=O)CCC(=O)OC1(C)CCC2CC1(C)OC2=O. The summed E-state index contributed by atoms with van der Waals surface area (Å²) in [5.41, 5.74) is -1.73. The molecular weight excluding hydrogens is 392 g/mol. The summed E-state index contributed by atoms with van der Waals surface area (Å²) in [5, 5.41) is 0. The van der Waals surface area contributed by atoms with Gasteiger partial charge in [0.05, 0.1) is 24.7 Å². The van der Waals surface area contributed by atoms with E-state index in [9.17, 15) is 19.2 Å². The zero-order valence-electron chi connectivity index (χ0n) is 17.1. The number of rotatable bonds is 9. The Hall–Kier alpha value is -2.12. The number of carbonyl (C=O) groups is 4. The highest BCUT2D eigenvalue weighted by molar-refractivity contribution is 5.79. The van der Waals surface area contributed by atoms with Gasteiger partial charge in [-0.15, -0.1) is 0 Å². The van der Waals surface area contributed by atoms with E-state index in [1.165, 1.54) is 0 Å². The molecule has 2 rings (SSSR count). The number of esters is 4. The normalized spacial score (nSPS) is 27.6. The highest BCUT2D eigenvalue weighted by atomic mass is 16.6. The predicted molar refractivity (Wildman–Crippen MR) is 110 cm³/mol. The topological polar surface area (TPSA) is 105 Å². The van der Waals surface area contributed by atoms with E-state index in [0.717, 1.165) is 0 Å². The summed E-state index contributed by atoms with van der Waals surface area (Å²) in [6.45, 7) is 7.13. The summed E-state index contributed by atoms with van der Waals surface area (Å²) in [7, 11) is 0. The van der Waals surface area contributed by atoms with Crippen molar-refractivity contribution in [3.05, 3.63) is 0 Å². The molecule has 0 amide bonds. The summed E-state index contributed by atoms with van der Waals surface area (Å²) in [6, 6.07) is 0. The van der Waals surface area contributed by atoms with E-state index >= 15 is 0 Å². The Morgan fingerprint density at radius 2 is 1.70 bits per heavy atom. The quantitative estimate of drug-likeness (QED) is 0.310. The zero-order valence-corrected chi connectivity index (χ0v) is 17.1. The summed E-state index contributed by atoms with van der Waals surface area (Å²) in [4.78, 5) is 47.3. The van der Waals surface area contributed by atoms with Gasteiger partial charge in [0, 0.05) is 6.42 Å². The van der Waals surface area contributed by atoms with Gasteiger partial charge in [0.2, 0.25) is 0 Å². The molecule has 30 heavy (non-hydrogen) atoms. The fraction of sp³-hybridized carbons (Fsp3) is 0.818. The Morgan fingerprint density at radius 1 is 1.10 bits per heavy atom. The Labute approximate surface area is 180 Å². The van der Waals surface area contributed by atoms with Gasteiger partial charge in [-0.25, -0.2) is 0 Å². The minimum absolute atomic E-state index is 0. The molecule has 0 spiro atoms. The third-order valence-electron chi connectivity index (χ3n) is 5.86. The van der Waals surface area contributed by atoms with Crippen LogP contribution in [0, 0.1) is 11.8 Å². The van der Waals surface area contributed by atoms with Crippen LogP contribution >= 0.6 is 0 Å². The van der Waals surface area contributed by atoms with Gasteiger partial charge in [-0.2, -0.15) is 0 Å². The molecule has 1 heterocycles. The summed E-state index contributed by atoms with van der Waals surface area (Å²) in [5.74, 6) is -1.98. The lowest BCUT2D eigenvalue weighted by molar-refractivity contribution is -0.197. The molecule has 1 saturated carbocycles. The average Bonchev–Trinajstić information content (AvgIpc) is 2.91. The van der Waals surface area contributed by atoms with Crippen molar-refractivity contribution in [1.29, 1.82) is 0 Å². The van der Waals surface area contributed by atoms with Crippen molar-refractivity contribution >= 4 is 23.9 Å². The van der Waals surface area contributed by atoms with Crippen LogP contribution in [0.4, 0.5) is 0 Å². The van der Waals surface area contributed by atoms with Crippen LogP contribution in [0.25, 0.3) is 0 Å².